The number of carbonyl (C=O) groups excluding carboxylic acids is 4. The van der Waals surface area contributed by atoms with Crippen molar-refractivity contribution in [1.29, 1.82) is 0 Å². The van der Waals surface area contributed by atoms with Crippen LogP contribution in [0.25, 0.3) is 0 Å². The number of nitrogens with one attached hydrogen (secondary N) is 1. The average Bonchev–Trinajstić information content (AvgIpc) is 3.15. The van der Waals surface area contributed by atoms with Crippen molar-refractivity contribution < 1.29 is 28.7 Å². The molecule has 5 aliphatic rings. The van der Waals surface area contributed by atoms with E-state index in [0.29, 0.717) is 25.4 Å². The molecule has 2 aromatic rings. The topological polar surface area (TPSA) is 102 Å². The van der Waals surface area contributed by atoms with Crippen LogP contribution in [0.3, 0.4) is 0 Å². The quantitative estimate of drug-likeness (QED) is 0.201. The third kappa shape index (κ3) is 7.23. The first-order valence-electron chi connectivity index (χ1n) is 21.9. The third-order valence-electron chi connectivity index (χ3n) is 16.7. The van der Waals surface area contributed by atoms with Crippen LogP contribution in [-0.2, 0) is 41.7 Å². The summed E-state index contributed by atoms with van der Waals surface area (Å²) in [7, 11) is 0. The van der Waals surface area contributed by atoms with E-state index in [1.54, 1.807) is 0 Å². The number of benzene rings is 2. The maximum atomic E-state index is 15.6. The normalized spacial score (nSPS) is 35.7. The number of rotatable bonds is 9. The van der Waals surface area contributed by atoms with Crippen LogP contribution in [0.2, 0.25) is 0 Å². The molecule has 58 heavy (non-hydrogen) atoms. The van der Waals surface area contributed by atoms with Gasteiger partial charge >= 0.3 is 11.9 Å². The molecule has 8 heteroatoms. The van der Waals surface area contributed by atoms with Gasteiger partial charge in [0.25, 0.3) is 0 Å². The zero-order valence-corrected chi connectivity index (χ0v) is 36.6. The summed E-state index contributed by atoms with van der Waals surface area (Å²) in [5.74, 6) is -0.0686. The fourth-order valence-electron chi connectivity index (χ4n) is 13.8. The van der Waals surface area contributed by atoms with Crippen LogP contribution in [-0.4, -0.2) is 47.4 Å². The van der Waals surface area contributed by atoms with Crippen LogP contribution in [0, 0.1) is 50.2 Å². The Morgan fingerprint density at radius 1 is 0.741 bits per heavy atom. The summed E-state index contributed by atoms with van der Waals surface area (Å²) in [6, 6.07) is 20.0. The van der Waals surface area contributed by atoms with Gasteiger partial charge in [0.05, 0.1) is 12.0 Å². The molecular weight excluding hydrogens is 725 g/mol. The molecule has 4 saturated carbocycles. The molecule has 2 amide bonds. The van der Waals surface area contributed by atoms with Crippen LogP contribution in [0.4, 0.5) is 0 Å². The maximum Gasteiger partial charge on any atom is 0.303 e. The maximum absolute atomic E-state index is 15.6. The molecule has 314 valence electrons. The predicted octanol–water partition coefficient (Wildman–Crippen LogP) is 9.61. The molecule has 4 fully saturated rings. The second-order valence-electron chi connectivity index (χ2n) is 21.0. The monoisotopic (exact) mass is 793 g/mol. The van der Waals surface area contributed by atoms with Gasteiger partial charge < -0.3 is 19.7 Å². The highest BCUT2D eigenvalue weighted by Crippen LogP contribution is 2.76. The summed E-state index contributed by atoms with van der Waals surface area (Å²) in [6.45, 7) is 20.3. The Morgan fingerprint density at radius 3 is 2.00 bits per heavy atom. The number of hydrogen-bond donors (Lipinski definition) is 1. The zero-order valence-electron chi connectivity index (χ0n) is 36.6. The zero-order chi connectivity index (χ0) is 41.9. The summed E-state index contributed by atoms with van der Waals surface area (Å²) in [6.07, 6.45) is 9.51. The molecule has 0 radical (unpaired) electrons. The Morgan fingerprint density at radius 2 is 1.36 bits per heavy atom. The number of fused-ring (bicyclic) bond motifs is 7. The Hall–Kier alpha value is -3.94. The lowest BCUT2D eigenvalue weighted by molar-refractivity contribution is -0.244. The van der Waals surface area contributed by atoms with Crippen LogP contribution in [0.1, 0.15) is 131 Å². The van der Waals surface area contributed by atoms with Crippen LogP contribution < -0.4 is 5.32 Å². The van der Waals surface area contributed by atoms with Gasteiger partial charge in [0.15, 0.2) is 0 Å². The Labute approximate surface area is 347 Å². The van der Waals surface area contributed by atoms with Crippen LogP contribution in [0.5, 0.6) is 0 Å². The van der Waals surface area contributed by atoms with Gasteiger partial charge in [0.1, 0.15) is 12.2 Å². The van der Waals surface area contributed by atoms with Crippen molar-refractivity contribution in [3.63, 3.8) is 0 Å². The molecule has 0 bridgehead atoms. The highest BCUT2D eigenvalue weighted by Gasteiger charge is 2.71. The molecule has 9 atom stereocenters. The van der Waals surface area contributed by atoms with Gasteiger partial charge in [-0.2, -0.15) is 0 Å². The lowest BCUT2D eigenvalue weighted by Crippen LogP contribution is -2.68. The fraction of sp³-hybridized carbons (Fsp3) is 0.640. The number of carbonyl (C=O) groups is 4. The standard InChI is InChI=1S/C50H68N2O6/c1-33(53)57-39-29-47(7)40(46(5,6)43(39)58-34(2)54)22-23-49(9)41(47)21-20-37-38-28-45(3,4)24-26-50(38,27-25-48(37,49)8)44(56)52(31-36-18-14-11-15-19-36)32-42(55)51-30-35-16-12-10-13-17-35/h10-20,38-41,43H,21-32H2,1-9H3,(H,51,55)/t38-,39+,40-,41+,43-,47-,48+,49+,50-/m0/s1. The minimum absolute atomic E-state index is 0.0158. The van der Waals surface area contributed by atoms with E-state index < -0.39 is 23.0 Å². The Balaban J connectivity index is 1.24. The van der Waals surface area contributed by atoms with Gasteiger partial charge in [-0.25, -0.2) is 0 Å². The van der Waals surface area contributed by atoms with Gasteiger partial charge in [0.2, 0.25) is 11.8 Å². The van der Waals surface area contributed by atoms with E-state index in [2.05, 4.69) is 59.9 Å². The van der Waals surface area contributed by atoms with Crippen molar-refractivity contribution in [3.05, 3.63) is 83.4 Å². The number of esters is 2. The highest BCUT2D eigenvalue weighted by molar-refractivity contribution is 5.89. The van der Waals surface area contributed by atoms with Crippen LogP contribution in [0.15, 0.2) is 72.3 Å². The molecule has 2 aromatic carbocycles. The van der Waals surface area contributed by atoms with E-state index in [-0.39, 0.29) is 63.8 Å². The Bertz CT molecular complexity index is 1920. The molecule has 7 rings (SSSR count). The van der Waals surface area contributed by atoms with Gasteiger partial charge in [0, 0.05) is 32.4 Å². The number of allylic oxidation sites excluding steroid dienone is 2. The summed E-state index contributed by atoms with van der Waals surface area (Å²) >= 11 is 0. The molecule has 0 aliphatic heterocycles. The minimum atomic E-state index is -0.593. The lowest BCUT2D eigenvalue weighted by Gasteiger charge is -2.71. The molecule has 0 spiro atoms. The van der Waals surface area contributed by atoms with E-state index in [0.717, 1.165) is 62.5 Å². The summed E-state index contributed by atoms with van der Waals surface area (Å²) in [5, 5.41) is 3.10. The van der Waals surface area contributed by atoms with E-state index in [9.17, 15) is 14.4 Å². The second kappa shape index (κ2) is 15.3. The minimum Gasteiger partial charge on any atom is -0.459 e. The Kier molecular flexibility index (Phi) is 11.1. The number of hydrogen-bond acceptors (Lipinski definition) is 6. The van der Waals surface area contributed by atoms with Crippen molar-refractivity contribution in [2.75, 3.05) is 6.54 Å². The molecule has 0 saturated heterocycles. The molecule has 0 unspecified atom stereocenters. The first-order valence-corrected chi connectivity index (χ1v) is 21.9. The molecular formula is C50H68N2O6. The first kappa shape index (κ1) is 42.2. The van der Waals surface area contributed by atoms with Gasteiger partial charge in [-0.3, -0.25) is 19.2 Å². The largest absolute Gasteiger partial charge is 0.459 e. The van der Waals surface area contributed by atoms with Crippen LogP contribution >= 0.6 is 0 Å². The molecule has 5 aliphatic carbocycles. The smallest absolute Gasteiger partial charge is 0.303 e. The van der Waals surface area contributed by atoms with Crippen molar-refractivity contribution in [2.45, 2.75) is 145 Å². The van der Waals surface area contributed by atoms with Crippen molar-refractivity contribution in [2.24, 2.45) is 50.2 Å². The summed E-state index contributed by atoms with van der Waals surface area (Å²) < 4.78 is 12.1. The number of ether oxygens (including phenoxy) is 2. The fourth-order valence-corrected chi connectivity index (χ4v) is 13.8. The molecule has 1 N–H and O–H groups in total. The van der Waals surface area contributed by atoms with Gasteiger partial charge in [-0.1, -0.05) is 121 Å². The van der Waals surface area contributed by atoms with Gasteiger partial charge in [-0.15, -0.1) is 0 Å². The van der Waals surface area contributed by atoms with Crippen molar-refractivity contribution in [1.82, 2.24) is 10.2 Å². The molecule has 0 heterocycles. The van der Waals surface area contributed by atoms with Gasteiger partial charge in [-0.05, 0) is 108 Å². The second-order valence-corrected chi connectivity index (χ2v) is 21.0. The first-order chi connectivity index (χ1) is 27.3. The number of amides is 2. The summed E-state index contributed by atoms with van der Waals surface area (Å²) in [4.78, 5) is 56.2. The van der Waals surface area contributed by atoms with E-state index >= 15 is 4.79 Å². The lowest BCUT2D eigenvalue weighted by atomic mass is 9.33. The predicted molar refractivity (Wildman–Crippen MR) is 226 cm³/mol. The van der Waals surface area contributed by atoms with E-state index in [1.807, 2.05) is 65.6 Å². The van der Waals surface area contributed by atoms with E-state index in [4.69, 9.17) is 9.47 Å². The summed E-state index contributed by atoms with van der Waals surface area (Å²) in [5.41, 5.74) is 2.20. The van der Waals surface area contributed by atoms with Crippen molar-refractivity contribution >= 4 is 23.8 Å². The number of nitrogens with zero attached hydrogens (tertiary/aromatic N) is 1. The third-order valence-corrected chi connectivity index (χ3v) is 16.7. The molecule has 8 nitrogen and oxygen atoms in total. The molecule has 0 aromatic heterocycles. The highest BCUT2D eigenvalue weighted by atomic mass is 16.6. The SMILES string of the molecule is CC(=O)O[C@@H]1C[C@]2(C)[C@H]3CC=C4[C@@H]5CC(C)(C)CC[C@]5(C(=O)N(CC(=O)NCc5ccccc5)Cc5ccccc5)CC[C@@]4(C)[C@]3(C)CC[C@H]2C(C)(C)[C@H]1OC(C)=O. The average molecular weight is 793 g/mol. The van der Waals surface area contributed by atoms with E-state index in [1.165, 1.54) is 19.4 Å². The van der Waals surface area contributed by atoms with Crippen molar-refractivity contribution in [3.8, 4) is 0 Å².